The number of nitrogens with one attached hydrogen (secondary N) is 1. The number of nitrogens with two attached hydrogens (primary N) is 1. The van der Waals surface area contributed by atoms with Crippen molar-refractivity contribution in [1.82, 2.24) is 9.88 Å². The van der Waals surface area contributed by atoms with Crippen LogP contribution in [0, 0.1) is 5.41 Å². The molecule has 0 atom stereocenters. The maximum atomic E-state index is 12.2. The van der Waals surface area contributed by atoms with E-state index in [2.05, 4.69) is 9.88 Å². The van der Waals surface area contributed by atoms with Gasteiger partial charge in [0.05, 0.1) is 12.5 Å². The van der Waals surface area contributed by atoms with Crippen LogP contribution in [0.5, 0.6) is 0 Å². The number of ether oxygens (including phenoxy) is 1. The minimum Gasteiger partial charge on any atom is -0.469 e. The molecule has 1 aromatic heterocycles. The molecule has 0 radical (unpaired) electrons. The van der Waals surface area contributed by atoms with Crippen LogP contribution in [0.1, 0.15) is 18.5 Å². The van der Waals surface area contributed by atoms with Crippen LogP contribution in [0.15, 0.2) is 16.9 Å². The van der Waals surface area contributed by atoms with Gasteiger partial charge in [0.1, 0.15) is 5.82 Å². The van der Waals surface area contributed by atoms with Gasteiger partial charge in [-0.1, -0.05) is 0 Å². The highest BCUT2D eigenvalue weighted by molar-refractivity contribution is 5.77. The van der Waals surface area contributed by atoms with E-state index in [9.17, 15) is 9.59 Å². The van der Waals surface area contributed by atoms with Crippen LogP contribution >= 0.6 is 0 Å². The molecule has 6 nitrogen and oxygen atoms in total. The molecule has 3 N–H and O–H groups in total. The monoisotopic (exact) mass is 279 g/mol. The molecule has 6 heteroatoms. The number of hydrogen-bond donors (Lipinski definition) is 2. The number of nitrogen functional groups attached to an aromatic ring is 1. The second-order valence-corrected chi connectivity index (χ2v) is 5.55. The number of piperidine rings is 1. The fraction of sp³-hybridized carbons (Fsp3) is 0.571. The van der Waals surface area contributed by atoms with Gasteiger partial charge in [-0.3, -0.25) is 9.59 Å². The zero-order chi connectivity index (χ0) is 14.8. The summed E-state index contributed by atoms with van der Waals surface area (Å²) in [5.41, 5.74) is 5.62. The van der Waals surface area contributed by atoms with Gasteiger partial charge in [0.15, 0.2) is 5.43 Å². The van der Waals surface area contributed by atoms with Crippen molar-refractivity contribution < 1.29 is 9.53 Å². The summed E-state index contributed by atoms with van der Waals surface area (Å²) in [6, 6.07) is 2.84. The Morgan fingerprint density at radius 3 is 2.65 bits per heavy atom. The third kappa shape index (κ3) is 3.01. The van der Waals surface area contributed by atoms with E-state index in [1.807, 2.05) is 7.05 Å². The zero-order valence-corrected chi connectivity index (χ0v) is 11.9. The van der Waals surface area contributed by atoms with Crippen LogP contribution in [0.2, 0.25) is 0 Å². The van der Waals surface area contributed by atoms with Gasteiger partial charge in [0.2, 0.25) is 0 Å². The van der Waals surface area contributed by atoms with E-state index >= 15 is 0 Å². The molecule has 0 saturated carbocycles. The number of rotatable bonds is 3. The molecule has 2 heterocycles. The first-order valence-electron chi connectivity index (χ1n) is 6.71. The maximum absolute atomic E-state index is 12.2. The SMILES string of the molecule is COC(=O)C1(Cc2cc(=O)cc(N)[nH]2)CCN(C)CC1. The second kappa shape index (κ2) is 5.66. The van der Waals surface area contributed by atoms with Gasteiger partial charge >= 0.3 is 5.97 Å². The van der Waals surface area contributed by atoms with Gasteiger partial charge in [0.25, 0.3) is 0 Å². The summed E-state index contributed by atoms with van der Waals surface area (Å²) >= 11 is 0. The molecule has 1 aromatic rings. The molecule has 0 unspecified atom stereocenters. The van der Waals surface area contributed by atoms with Crippen molar-refractivity contribution in [3.8, 4) is 0 Å². The Hall–Kier alpha value is -1.82. The lowest BCUT2D eigenvalue weighted by Crippen LogP contribution is -2.45. The van der Waals surface area contributed by atoms with E-state index < -0.39 is 5.41 Å². The van der Waals surface area contributed by atoms with Crippen LogP contribution < -0.4 is 11.2 Å². The molecule has 0 aliphatic carbocycles. The molecule has 0 spiro atoms. The highest BCUT2D eigenvalue weighted by Gasteiger charge is 2.42. The number of hydrogen-bond acceptors (Lipinski definition) is 5. The van der Waals surface area contributed by atoms with Crippen molar-refractivity contribution in [1.29, 1.82) is 0 Å². The first-order chi connectivity index (χ1) is 9.45. The fourth-order valence-corrected chi connectivity index (χ4v) is 2.80. The van der Waals surface area contributed by atoms with Gasteiger partial charge in [-0.05, 0) is 33.0 Å². The Kier molecular flexibility index (Phi) is 4.13. The number of carbonyl (C=O) groups excluding carboxylic acids is 1. The molecular weight excluding hydrogens is 258 g/mol. The van der Waals surface area contributed by atoms with E-state index in [4.69, 9.17) is 10.5 Å². The topological polar surface area (TPSA) is 88.4 Å². The average molecular weight is 279 g/mol. The number of nitrogens with zero attached hydrogens (tertiary/aromatic N) is 1. The summed E-state index contributed by atoms with van der Waals surface area (Å²) in [6.45, 7) is 1.67. The lowest BCUT2D eigenvalue weighted by molar-refractivity contribution is -0.155. The van der Waals surface area contributed by atoms with Gasteiger partial charge in [-0.15, -0.1) is 0 Å². The van der Waals surface area contributed by atoms with Crippen LogP contribution in [-0.4, -0.2) is 43.1 Å². The molecule has 2 rings (SSSR count). The summed E-state index contributed by atoms with van der Waals surface area (Å²) < 4.78 is 4.98. The van der Waals surface area contributed by atoms with Crippen LogP contribution in [-0.2, 0) is 16.0 Å². The smallest absolute Gasteiger partial charge is 0.312 e. The minimum absolute atomic E-state index is 0.149. The Bertz CT molecular complexity index is 545. The van der Waals surface area contributed by atoms with Gasteiger partial charge in [0, 0.05) is 24.2 Å². The Labute approximate surface area is 117 Å². The Morgan fingerprint density at radius 1 is 1.45 bits per heavy atom. The van der Waals surface area contributed by atoms with Gasteiger partial charge < -0.3 is 20.4 Å². The lowest BCUT2D eigenvalue weighted by Gasteiger charge is -2.38. The number of H-pyrrole nitrogens is 1. The predicted molar refractivity (Wildman–Crippen MR) is 76.4 cm³/mol. The second-order valence-electron chi connectivity index (χ2n) is 5.55. The minimum atomic E-state index is -0.571. The molecule has 1 saturated heterocycles. The summed E-state index contributed by atoms with van der Waals surface area (Å²) in [5, 5.41) is 0. The summed E-state index contributed by atoms with van der Waals surface area (Å²) in [6.07, 6.45) is 1.88. The molecule has 0 bridgehead atoms. The Morgan fingerprint density at radius 2 is 2.10 bits per heavy atom. The van der Waals surface area contributed by atoms with Crippen LogP contribution in [0.4, 0.5) is 5.82 Å². The van der Waals surface area contributed by atoms with Crippen molar-refractivity contribution in [3.63, 3.8) is 0 Å². The fourth-order valence-electron chi connectivity index (χ4n) is 2.80. The largest absolute Gasteiger partial charge is 0.469 e. The summed E-state index contributed by atoms with van der Waals surface area (Å²) in [7, 11) is 3.44. The molecule has 20 heavy (non-hydrogen) atoms. The third-order valence-electron chi connectivity index (χ3n) is 4.01. The zero-order valence-electron chi connectivity index (χ0n) is 11.9. The number of methoxy groups -OCH3 is 1. The number of likely N-dealkylation sites (tertiary alicyclic amines) is 1. The van der Waals surface area contributed by atoms with Gasteiger partial charge in [-0.2, -0.15) is 0 Å². The Balaban J connectivity index is 2.28. The molecular formula is C14H21N3O3. The van der Waals surface area contributed by atoms with Crippen molar-refractivity contribution in [3.05, 3.63) is 28.0 Å². The molecule has 0 aromatic carbocycles. The lowest BCUT2D eigenvalue weighted by atomic mass is 9.74. The van der Waals surface area contributed by atoms with Crippen molar-refractivity contribution in [2.24, 2.45) is 5.41 Å². The number of aromatic nitrogens is 1. The van der Waals surface area contributed by atoms with E-state index in [1.165, 1.54) is 19.2 Å². The normalized spacial score (nSPS) is 18.7. The average Bonchev–Trinajstić information content (AvgIpc) is 2.39. The molecule has 1 aliphatic heterocycles. The highest BCUT2D eigenvalue weighted by Crippen LogP contribution is 2.35. The van der Waals surface area contributed by atoms with E-state index in [0.29, 0.717) is 30.8 Å². The van der Waals surface area contributed by atoms with Crippen molar-refractivity contribution >= 4 is 11.8 Å². The highest BCUT2D eigenvalue weighted by atomic mass is 16.5. The predicted octanol–water partition coefficient (Wildman–Crippen LogP) is 0.385. The van der Waals surface area contributed by atoms with E-state index in [0.717, 1.165) is 13.1 Å². The van der Waals surface area contributed by atoms with E-state index in [-0.39, 0.29) is 11.4 Å². The number of anilines is 1. The molecule has 1 fully saturated rings. The summed E-state index contributed by atoms with van der Waals surface area (Å²) in [4.78, 5) is 28.9. The number of aromatic amines is 1. The summed E-state index contributed by atoms with van der Waals surface area (Å²) in [5.74, 6) is 0.106. The van der Waals surface area contributed by atoms with Crippen LogP contribution in [0.25, 0.3) is 0 Å². The van der Waals surface area contributed by atoms with Crippen molar-refractivity contribution in [2.45, 2.75) is 19.3 Å². The number of pyridine rings is 1. The standard InChI is InChI=1S/C14H21N3O3/c1-17-5-3-14(4-6-17,13(19)20-2)9-10-7-11(18)8-12(15)16-10/h7-8H,3-6,9H2,1-2H3,(H3,15,16,18). The first-order valence-corrected chi connectivity index (χ1v) is 6.71. The van der Waals surface area contributed by atoms with Gasteiger partial charge in [-0.25, -0.2) is 0 Å². The third-order valence-corrected chi connectivity index (χ3v) is 4.01. The molecule has 1 aliphatic rings. The van der Waals surface area contributed by atoms with Crippen molar-refractivity contribution in [2.75, 3.05) is 33.0 Å². The molecule has 110 valence electrons. The maximum Gasteiger partial charge on any atom is 0.312 e. The van der Waals surface area contributed by atoms with E-state index in [1.54, 1.807) is 0 Å². The number of esters is 1. The quantitative estimate of drug-likeness (QED) is 0.781. The van der Waals surface area contributed by atoms with Crippen LogP contribution in [0.3, 0.4) is 0 Å². The number of carbonyl (C=O) groups is 1. The first kappa shape index (κ1) is 14.6. The molecule has 0 amide bonds.